The number of sulfone groups is 1. The molecule has 1 saturated heterocycles. The molecular weight excluding hydrogens is 309 g/mol. The van der Waals surface area contributed by atoms with Crippen LogP contribution in [0.15, 0.2) is 12.3 Å². The van der Waals surface area contributed by atoms with E-state index in [0.29, 0.717) is 18.9 Å². The third kappa shape index (κ3) is 3.78. The van der Waals surface area contributed by atoms with Crippen molar-refractivity contribution < 1.29 is 26.4 Å². The Morgan fingerprint density at radius 1 is 1.38 bits per heavy atom. The van der Waals surface area contributed by atoms with E-state index in [0.717, 1.165) is 12.6 Å². The largest absolute Gasteiger partial charge is 0.431 e. The summed E-state index contributed by atoms with van der Waals surface area (Å²) in [7, 11) is -3.22. The number of halogens is 3. The number of carbonyl (C=O) groups excluding carboxylic acids is 1. The number of aromatic nitrogens is 1. The summed E-state index contributed by atoms with van der Waals surface area (Å²) in [5.41, 5.74) is -1.19. The summed E-state index contributed by atoms with van der Waals surface area (Å²) in [4.78, 5) is 13.7. The Morgan fingerprint density at radius 3 is 2.67 bits per heavy atom. The molecule has 118 valence electrons. The van der Waals surface area contributed by atoms with Crippen LogP contribution in [0.2, 0.25) is 0 Å². The molecule has 9 heteroatoms. The Hall–Kier alpha value is -1.51. The zero-order chi connectivity index (χ0) is 15.7. The first kappa shape index (κ1) is 15.9. The maximum absolute atomic E-state index is 12.4. The summed E-state index contributed by atoms with van der Waals surface area (Å²) >= 11 is 0. The number of H-pyrrole nitrogens is 1. The van der Waals surface area contributed by atoms with Gasteiger partial charge in [0, 0.05) is 12.7 Å². The first-order valence-corrected chi connectivity index (χ1v) is 8.17. The van der Waals surface area contributed by atoms with Gasteiger partial charge in [-0.25, -0.2) is 8.42 Å². The van der Waals surface area contributed by atoms with E-state index < -0.39 is 32.9 Å². The maximum atomic E-state index is 12.4. The van der Waals surface area contributed by atoms with Crippen LogP contribution in [-0.4, -0.2) is 36.9 Å². The van der Waals surface area contributed by atoms with Crippen LogP contribution in [0.25, 0.3) is 0 Å². The summed E-state index contributed by atoms with van der Waals surface area (Å²) in [5, 5.41) is 1.73. The molecule has 1 aromatic rings. The van der Waals surface area contributed by atoms with E-state index in [4.69, 9.17) is 0 Å². The summed E-state index contributed by atoms with van der Waals surface area (Å²) < 4.78 is 60.7. The Balaban J connectivity index is 1.97. The highest BCUT2D eigenvalue weighted by Crippen LogP contribution is 2.28. The summed E-state index contributed by atoms with van der Waals surface area (Å²) in [6.07, 6.45) is -1.76. The molecule has 2 N–H and O–H groups in total. The standard InChI is InChI=1S/C12H15F3N2O3S/c13-12(14,15)10-5-8(6-16-10)11(18)17-7-9-3-1-2-4-21(9,19)20/h5-6,9,16H,1-4,7H2,(H,17,18). The second-order valence-electron chi connectivity index (χ2n) is 4.99. The predicted molar refractivity (Wildman–Crippen MR) is 69.6 cm³/mol. The van der Waals surface area contributed by atoms with Gasteiger partial charge in [0.15, 0.2) is 9.84 Å². The lowest BCUT2D eigenvalue weighted by molar-refractivity contribution is -0.140. The molecule has 2 rings (SSSR count). The van der Waals surface area contributed by atoms with Crippen LogP contribution in [0.5, 0.6) is 0 Å². The van der Waals surface area contributed by atoms with Gasteiger partial charge >= 0.3 is 6.18 Å². The molecule has 5 nitrogen and oxygen atoms in total. The van der Waals surface area contributed by atoms with Gasteiger partial charge in [-0.2, -0.15) is 13.2 Å². The van der Waals surface area contributed by atoms with E-state index in [2.05, 4.69) is 5.32 Å². The van der Waals surface area contributed by atoms with Crippen LogP contribution >= 0.6 is 0 Å². The first-order valence-electron chi connectivity index (χ1n) is 6.45. The highest BCUT2D eigenvalue weighted by atomic mass is 32.2. The van der Waals surface area contributed by atoms with Crippen molar-refractivity contribution in [3.63, 3.8) is 0 Å². The lowest BCUT2D eigenvalue weighted by atomic mass is 10.2. The summed E-state index contributed by atoms with van der Waals surface area (Å²) in [5.74, 6) is -0.627. The van der Waals surface area contributed by atoms with Gasteiger partial charge in [0.2, 0.25) is 0 Å². The zero-order valence-corrected chi connectivity index (χ0v) is 11.9. The number of alkyl halides is 3. The molecule has 0 radical (unpaired) electrons. The SMILES string of the molecule is O=C(NCC1CCCCS1(=O)=O)c1c[nH]c(C(F)(F)F)c1. The van der Waals surface area contributed by atoms with Crippen molar-refractivity contribution in [1.82, 2.24) is 10.3 Å². The van der Waals surface area contributed by atoms with Gasteiger partial charge in [0.1, 0.15) is 5.69 Å². The normalized spacial score (nSPS) is 22.0. The van der Waals surface area contributed by atoms with E-state index in [-0.39, 0.29) is 17.9 Å². The Kier molecular flexibility index (Phi) is 4.31. The minimum atomic E-state index is -4.55. The van der Waals surface area contributed by atoms with E-state index in [1.807, 2.05) is 4.98 Å². The quantitative estimate of drug-likeness (QED) is 0.889. The number of aromatic amines is 1. The van der Waals surface area contributed by atoms with E-state index >= 15 is 0 Å². The molecule has 0 saturated carbocycles. The highest BCUT2D eigenvalue weighted by Gasteiger charge is 2.33. The number of nitrogens with one attached hydrogen (secondary N) is 2. The number of amides is 1. The van der Waals surface area contributed by atoms with Gasteiger partial charge in [-0.05, 0) is 18.9 Å². The third-order valence-corrected chi connectivity index (χ3v) is 5.73. The van der Waals surface area contributed by atoms with Crippen molar-refractivity contribution in [3.05, 3.63) is 23.5 Å². The van der Waals surface area contributed by atoms with Gasteiger partial charge in [-0.3, -0.25) is 4.79 Å². The molecule has 1 amide bonds. The van der Waals surface area contributed by atoms with Crippen LogP contribution in [0.3, 0.4) is 0 Å². The Labute approximate surface area is 119 Å². The van der Waals surface area contributed by atoms with Crippen LogP contribution in [-0.2, 0) is 16.0 Å². The smallest absolute Gasteiger partial charge is 0.357 e. The van der Waals surface area contributed by atoms with Gasteiger partial charge in [0.25, 0.3) is 5.91 Å². The van der Waals surface area contributed by atoms with Crippen LogP contribution in [0.4, 0.5) is 13.2 Å². The molecule has 21 heavy (non-hydrogen) atoms. The van der Waals surface area contributed by atoms with Crippen LogP contribution in [0.1, 0.15) is 35.3 Å². The van der Waals surface area contributed by atoms with Crippen molar-refractivity contribution in [3.8, 4) is 0 Å². The van der Waals surface area contributed by atoms with Gasteiger partial charge in [-0.15, -0.1) is 0 Å². The Morgan fingerprint density at radius 2 is 2.10 bits per heavy atom. The molecule has 1 fully saturated rings. The summed E-state index contributed by atoms with van der Waals surface area (Å²) in [6, 6.07) is 0.699. The maximum Gasteiger partial charge on any atom is 0.431 e. The molecule has 0 aromatic carbocycles. The van der Waals surface area contributed by atoms with Gasteiger partial charge < -0.3 is 10.3 Å². The third-order valence-electron chi connectivity index (χ3n) is 3.45. The molecule has 1 unspecified atom stereocenters. The highest BCUT2D eigenvalue weighted by molar-refractivity contribution is 7.92. The van der Waals surface area contributed by atoms with Gasteiger partial charge in [-0.1, -0.05) is 6.42 Å². The molecule has 0 aliphatic carbocycles. The molecule has 1 aliphatic rings. The monoisotopic (exact) mass is 324 g/mol. The van der Waals surface area contributed by atoms with Gasteiger partial charge in [0.05, 0.1) is 16.6 Å². The lowest BCUT2D eigenvalue weighted by Crippen LogP contribution is -2.39. The van der Waals surface area contributed by atoms with E-state index in [1.165, 1.54) is 0 Å². The second-order valence-corrected chi connectivity index (χ2v) is 7.40. The van der Waals surface area contributed by atoms with Crippen molar-refractivity contribution in [2.45, 2.75) is 30.7 Å². The molecule has 1 aromatic heterocycles. The van der Waals surface area contributed by atoms with Crippen molar-refractivity contribution in [2.24, 2.45) is 0 Å². The molecule has 1 aliphatic heterocycles. The predicted octanol–water partition coefficient (Wildman–Crippen LogP) is 1.73. The topological polar surface area (TPSA) is 79.0 Å². The molecular formula is C12H15F3N2O3S. The molecule has 1 atom stereocenters. The lowest BCUT2D eigenvalue weighted by Gasteiger charge is -2.22. The molecule has 0 spiro atoms. The second kappa shape index (κ2) is 5.70. The Bertz CT molecular complexity index is 622. The summed E-state index contributed by atoms with van der Waals surface area (Å²) in [6.45, 7) is -0.0757. The van der Waals surface area contributed by atoms with Crippen LogP contribution < -0.4 is 5.32 Å². The van der Waals surface area contributed by atoms with Crippen molar-refractivity contribution in [2.75, 3.05) is 12.3 Å². The first-order chi connectivity index (χ1) is 9.70. The van der Waals surface area contributed by atoms with E-state index in [1.54, 1.807) is 0 Å². The minimum absolute atomic E-state index is 0.0757. The molecule has 2 heterocycles. The zero-order valence-electron chi connectivity index (χ0n) is 11.0. The van der Waals surface area contributed by atoms with E-state index in [9.17, 15) is 26.4 Å². The van der Waals surface area contributed by atoms with Crippen molar-refractivity contribution >= 4 is 15.7 Å². The average molecular weight is 324 g/mol. The van der Waals surface area contributed by atoms with Crippen LogP contribution in [0, 0.1) is 0 Å². The number of hydrogen-bond acceptors (Lipinski definition) is 3. The minimum Gasteiger partial charge on any atom is -0.357 e. The molecule has 0 bridgehead atoms. The number of rotatable bonds is 3. The van der Waals surface area contributed by atoms with Crippen molar-refractivity contribution in [1.29, 1.82) is 0 Å². The fourth-order valence-electron chi connectivity index (χ4n) is 2.25. The number of hydrogen-bond donors (Lipinski definition) is 2. The fourth-order valence-corrected chi connectivity index (χ4v) is 4.05. The average Bonchev–Trinajstić information content (AvgIpc) is 2.86. The number of carbonyl (C=O) groups is 1. The fraction of sp³-hybridized carbons (Fsp3) is 0.583.